The fraction of sp³-hybridized carbons (Fsp3) is 0.0870. The summed E-state index contributed by atoms with van der Waals surface area (Å²) in [6, 6.07) is 11.1. The van der Waals surface area contributed by atoms with Crippen LogP contribution in [0.4, 0.5) is 26.3 Å². The summed E-state index contributed by atoms with van der Waals surface area (Å²) in [6.45, 7) is 1.77. The number of pyridine rings is 1. The number of hydrogen-bond donors (Lipinski definition) is 2. The van der Waals surface area contributed by atoms with Crippen LogP contribution in [0.25, 0.3) is 39.6 Å². The molecule has 164 valence electrons. The summed E-state index contributed by atoms with van der Waals surface area (Å²) >= 11 is 6.28. The number of aryl methyl sites for hydroxylation is 1. The topological polar surface area (TPSA) is 80.3 Å². The highest BCUT2D eigenvalue weighted by Crippen LogP contribution is 2.46. The van der Waals surface area contributed by atoms with E-state index in [0.29, 0.717) is 50.1 Å². The van der Waals surface area contributed by atoms with Crippen LogP contribution in [0.5, 0.6) is 0 Å². The second kappa shape index (κ2) is 7.01. The predicted octanol–water partition coefficient (Wildman–Crippen LogP) is 6.06. The first kappa shape index (κ1) is 19.7. The Morgan fingerprint density at radius 3 is 2.67 bits per heavy atom. The number of anilines is 3. The standard InChI is InChI=1S/C23H15ClF2N6O/c1-10-7-12(25)9-15-18(10)29-21-19(28-17-6-5-16(26)20(15)32(17)21)13-4-3-11(24)8-14(13)22-30-31-23(27-2)33-22/h3-9,29H,1-2H3,(H,27,31). The van der Waals surface area contributed by atoms with Gasteiger partial charge in [-0.2, -0.15) is 0 Å². The van der Waals surface area contributed by atoms with E-state index in [9.17, 15) is 4.39 Å². The number of aromatic nitrogens is 4. The summed E-state index contributed by atoms with van der Waals surface area (Å²) in [5.74, 6) is -0.127. The van der Waals surface area contributed by atoms with E-state index >= 15 is 4.39 Å². The third-order valence-corrected chi connectivity index (χ3v) is 5.87. The lowest BCUT2D eigenvalue weighted by Gasteiger charge is -2.23. The molecule has 0 bridgehead atoms. The van der Waals surface area contributed by atoms with E-state index in [1.807, 2.05) is 0 Å². The van der Waals surface area contributed by atoms with E-state index < -0.39 is 11.6 Å². The van der Waals surface area contributed by atoms with Crippen molar-refractivity contribution in [1.29, 1.82) is 0 Å². The van der Waals surface area contributed by atoms with Crippen molar-refractivity contribution >= 4 is 34.8 Å². The summed E-state index contributed by atoms with van der Waals surface area (Å²) < 4.78 is 36.6. The minimum absolute atomic E-state index is 0.239. The number of benzene rings is 2. The fourth-order valence-corrected chi connectivity index (χ4v) is 4.38. The molecule has 33 heavy (non-hydrogen) atoms. The lowest BCUT2D eigenvalue weighted by atomic mass is 10.00. The SMILES string of the molecule is CNc1nnc(-c2cc(Cl)ccc2-c2nc3ccc(F)c4n3c2Nc2c(C)cc(F)cc2-4)o1. The summed E-state index contributed by atoms with van der Waals surface area (Å²) in [5.41, 5.74) is 4.19. The normalized spacial score (nSPS) is 12.0. The van der Waals surface area contributed by atoms with Gasteiger partial charge >= 0.3 is 6.01 Å². The number of imidazole rings is 1. The quantitative estimate of drug-likeness (QED) is 0.331. The van der Waals surface area contributed by atoms with Crippen LogP contribution in [0, 0.1) is 18.6 Å². The maximum Gasteiger partial charge on any atom is 0.315 e. The van der Waals surface area contributed by atoms with Gasteiger partial charge in [0.1, 0.15) is 28.8 Å². The molecular weight excluding hydrogens is 450 g/mol. The molecule has 0 unspecified atom stereocenters. The molecule has 5 aromatic rings. The van der Waals surface area contributed by atoms with Gasteiger partial charge in [-0.15, -0.1) is 5.10 Å². The molecule has 10 heteroatoms. The van der Waals surface area contributed by atoms with Gasteiger partial charge in [-0.05, 0) is 48.9 Å². The van der Waals surface area contributed by atoms with Crippen molar-refractivity contribution in [2.75, 3.05) is 17.7 Å². The number of nitrogens with zero attached hydrogens (tertiary/aromatic N) is 4. The van der Waals surface area contributed by atoms with Crippen LogP contribution in [0.2, 0.25) is 5.02 Å². The third kappa shape index (κ3) is 2.89. The molecule has 0 saturated heterocycles. The summed E-state index contributed by atoms with van der Waals surface area (Å²) in [7, 11) is 1.67. The highest BCUT2D eigenvalue weighted by molar-refractivity contribution is 6.31. The van der Waals surface area contributed by atoms with Crippen LogP contribution in [-0.4, -0.2) is 26.6 Å². The van der Waals surface area contributed by atoms with Crippen molar-refractivity contribution in [3.63, 3.8) is 0 Å². The van der Waals surface area contributed by atoms with Gasteiger partial charge in [-0.3, -0.25) is 4.40 Å². The Morgan fingerprint density at radius 1 is 1.03 bits per heavy atom. The second-order valence-corrected chi connectivity index (χ2v) is 8.09. The number of fused-ring (bicyclic) bond motifs is 2. The summed E-state index contributed by atoms with van der Waals surface area (Å²) in [5, 5.41) is 14.7. The largest absolute Gasteiger partial charge is 0.403 e. The number of nitrogens with one attached hydrogen (secondary N) is 2. The lowest BCUT2D eigenvalue weighted by Crippen LogP contribution is -2.10. The molecule has 0 spiro atoms. The highest BCUT2D eigenvalue weighted by atomic mass is 35.5. The zero-order valence-corrected chi connectivity index (χ0v) is 18.1. The molecule has 0 saturated carbocycles. The Morgan fingerprint density at radius 2 is 1.88 bits per heavy atom. The van der Waals surface area contributed by atoms with Crippen molar-refractivity contribution in [2.24, 2.45) is 0 Å². The molecule has 7 nitrogen and oxygen atoms in total. The van der Waals surface area contributed by atoms with Crippen LogP contribution in [0.1, 0.15) is 5.56 Å². The average Bonchev–Trinajstić information content (AvgIpc) is 3.41. The number of rotatable bonds is 3. The van der Waals surface area contributed by atoms with Crippen molar-refractivity contribution in [3.8, 4) is 34.0 Å². The van der Waals surface area contributed by atoms with E-state index in [1.54, 1.807) is 42.6 Å². The maximum absolute atomic E-state index is 15.1. The molecule has 0 amide bonds. The van der Waals surface area contributed by atoms with Gasteiger partial charge in [0.25, 0.3) is 0 Å². The van der Waals surface area contributed by atoms with Gasteiger partial charge in [0.05, 0.1) is 11.4 Å². The Kier molecular flexibility index (Phi) is 4.18. The van der Waals surface area contributed by atoms with Gasteiger partial charge in [0.2, 0.25) is 5.89 Å². The van der Waals surface area contributed by atoms with E-state index in [2.05, 4.69) is 20.8 Å². The Balaban J connectivity index is 1.66. The maximum atomic E-state index is 15.1. The molecule has 0 atom stereocenters. The van der Waals surface area contributed by atoms with Gasteiger partial charge < -0.3 is 15.1 Å². The molecule has 2 aromatic carbocycles. The Bertz CT molecular complexity index is 1590. The zero-order chi connectivity index (χ0) is 22.9. The number of hydrogen-bond acceptors (Lipinski definition) is 6. The molecule has 1 aliphatic rings. The minimum atomic E-state index is -0.479. The predicted molar refractivity (Wildman–Crippen MR) is 122 cm³/mol. The van der Waals surface area contributed by atoms with Crippen LogP contribution >= 0.6 is 11.6 Å². The van der Waals surface area contributed by atoms with Gasteiger partial charge in [-0.1, -0.05) is 22.8 Å². The molecule has 2 N–H and O–H groups in total. The smallest absolute Gasteiger partial charge is 0.315 e. The first-order valence-corrected chi connectivity index (χ1v) is 10.4. The molecule has 0 aliphatic carbocycles. The molecule has 1 aliphatic heterocycles. The van der Waals surface area contributed by atoms with E-state index in [4.69, 9.17) is 21.0 Å². The molecule has 4 heterocycles. The van der Waals surface area contributed by atoms with Crippen molar-refractivity contribution in [1.82, 2.24) is 19.6 Å². The van der Waals surface area contributed by atoms with Crippen LogP contribution in [-0.2, 0) is 0 Å². The average molecular weight is 465 g/mol. The van der Waals surface area contributed by atoms with E-state index in [-0.39, 0.29) is 17.6 Å². The lowest BCUT2D eigenvalue weighted by molar-refractivity contribution is 0.585. The molecule has 0 radical (unpaired) electrons. The first-order valence-electron chi connectivity index (χ1n) is 10.0. The highest BCUT2D eigenvalue weighted by Gasteiger charge is 2.29. The van der Waals surface area contributed by atoms with Crippen LogP contribution in [0.3, 0.4) is 0 Å². The zero-order valence-electron chi connectivity index (χ0n) is 17.4. The summed E-state index contributed by atoms with van der Waals surface area (Å²) in [4.78, 5) is 4.77. The monoisotopic (exact) mass is 464 g/mol. The molecular formula is C23H15ClF2N6O. The Labute approximate surface area is 191 Å². The molecule has 6 rings (SSSR count). The first-order chi connectivity index (χ1) is 15.9. The van der Waals surface area contributed by atoms with Crippen LogP contribution in [0.15, 0.2) is 46.9 Å². The molecule has 0 fully saturated rings. The van der Waals surface area contributed by atoms with Crippen molar-refractivity contribution in [2.45, 2.75) is 6.92 Å². The third-order valence-electron chi connectivity index (χ3n) is 5.64. The van der Waals surface area contributed by atoms with Crippen molar-refractivity contribution in [3.05, 3.63) is 64.7 Å². The van der Waals surface area contributed by atoms with E-state index in [1.165, 1.54) is 18.2 Å². The van der Waals surface area contributed by atoms with Gasteiger partial charge in [0, 0.05) is 28.8 Å². The second-order valence-electron chi connectivity index (χ2n) is 7.66. The number of halogens is 3. The van der Waals surface area contributed by atoms with Gasteiger partial charge in [0.15, 0.2) is 0 Å². The van der Waals surface area contributed by atoms with E-state index in [0.717, 1.165) is 0 Å². The summed E-state index contributed by atoms with van der Waals surface area (Å²) in [6.07, 6.45) is 0. The molecule has 3 aromatic heterocycles. The van der Waals surface area contributed by atoms with Crippen LogP contribution < -0.4 is 10.6 Å². The van der Waals surface area contributed by atoms with Gasteiger partial charge in [-0.25, -0.2) is 13.8 Å². The fourth-order valence-electron chi connectivity index (χ4n) is 4.21. The minimum Gasteiger partial charge on any atom is -0.403 e. The van der Waals surface area contributed by atoms with Crippen molar-refractivity contribution < 1.29 is 13.2 Å². The Hall–Kier alpha value is -3.98.